The monoisotopic (exact) mass is 467 g/mol. The van der Waals surface area contributed by atoms with Crippen LogP contribution in [-0.4, -0.2) is 63.5 Å². The molecule has 0 radical (unpaired) electrons. The second-order valence-corrected chi connectivity index (χ2v) is 8.63. The molecule has 12 heteroatoms. The Morgan fingerprint density at radius 2 is 1.85 bits per heavy atom. The second-order valence-electron chi connectivity index (χ2n) is 8.27. The van der Waals surface area contributed by atoms with Crippen LogP contribution in [0.4, 0.5) is 11.6 Å². The second kappa shape index (κ2) is 8.00. The predicted octanol–water partition coefficient (Wildman–Crippen LogP) is 0.348. The maximum atomic E-state index is 13.1. The molecule has 4 heterocycles. The fourth-order valence-corrected chi connectivity index (χ4v) is 4.43. The molecular weight excluding hydrogens is 446 g/mol. The van der Waals surface area contributed by atoms with Gasteiger partial charge < -0.3 is 21.7 Å². The van der Waals surface area contributed by atoms with Crippen LogP contribution in [0.1, 0.15) is 34.5 Å². The van der Waals surface area contributed by atoms with E-state index in [0.717, 1.165) is 11.1 Å². The summed E-state index contributed by atoms with van der Waals surface area (Å²) in [6, 6.07) is 7.82. The van der Waals surface area contributed by atoms with Gasteiger partial charge in [-0.15, -0.1) is 0 Å². The Bertz CT molecular complexity index is 1220. The minimum absolute atomic E-state index is 0.0449. The van der Waals surface area contributed by atoms with E-state index in [-0.39, 0.29) is 33.9 Å². The fraction of sp³-hybridized carbons (Fsp3) is 0.333. The van der Waals surface area contributed by atoms with Gasteiger partial charge in [0, 0.05) is 18.7 Å². The number of anilines is 2. The highest BCUT2D eigenvalue weighted by Gasteiger charge is 2.41. The van der Waals surface area contributed by atoms with Crippen LogP contribution in [0.3, 0.4) is 0 Å². The zero-order valence-corrected chi connectivity index (χ0v) is 18.4. The quantitative estimate of drug-likeness (QED) is 0.494. The Balaban J connectivity index is 1.19. The highest BCUT2D eigenvalue weighted by atomic mass is 35.5. The smallest absolute Gasteiger partial charge is 0.280 e. The first kappa shape index (κ1) is 21.1. The molecule has 33 heavy (non-hydrogen) atoms. The van der Waals surface area contributed by atoms with E-state index >= 15 is 0 Å². The first-order valence-corrected chi connectivity index (χ1v) is 10.9. The van der Waals surface area contributed by atoms with Crippen LogP contribution in [0.2, 0.25) is 5.15 Å². The number of carbonyl (C=O) groups excluding carboxylic acids is 2. The highest BCUT2D eigenvalue weighted by Crippen LogP contribution is 2.27. The predicted molar refractivity (Wildman–Crippen MR) is 124 cm³/mol. The zero-order valence-electron chi connectivity index (χ0n) is 17.6. The summed E-state index contributed by atoms with van der Waals surface area (Å²) >= 11 is 5.86. The van der Waals surface area contributed by atoms with Gasteiger partial charge in [0.15, 0.2) is 28.4 Å². The minimum Gasteiger partial charge on any atom is -0.382 e. The van der Waals surface area contributed by atoms with E-state index < -0.39 is 5.91 Å². The van der Waals surface area contributed by atoms with Crippen molar-refractivity contribution in [2.75, 3.05) is 31.1 Å². The number of rotatable bonds is 2. The highest BCUT2D eigenvalue weighted by molar-refractivity contribution is 6.46. The van der Waals surface area contributed by atoms with Crippen LogP contribution >= 0.6 is 11.6 Å². The lowest BCUT2D eigenvalue weighted by Gasteiger charge is -2.39. The number of likely N-dealkylation sites (tertiary alicyclic amines) is 1. The van der Waals surface area contributed by atoms with Gasteiger partial charge in [0.05, 0.1) is 18.6 Å². The van der Waals surface area contributed by atoms with Crippen molar-refractivity contribution in [1.29, 1.82) is 0 Å². The molecule has 5 rings (SSSR count). The molecular formula is C21H22ClN9O2. The summed E-state index contributed by atoms with van der Waals surface area (Å²) in [4.78, 5) is 44.1. The van der Waals surface area contributed by atoms with Gasteiger partial charge in [-0.3, -0.25) is 24.9 Å². The van der Waals surface area contributed by atoms with Gasteiger partial charge in [0.25, 0.3) is 11.8 Å². The Kier molecular flexibility index (Phi) is 5.12. The number of carbonyl (C=O) groups is 2. The number of aliphatic imine (C=N–C) groups is 2. The lowest BCUT2D eigenvalue weighted by molar-refractivity contribution is -0.125. The number of amides is 2. The van der Waals surface area contributed by atoms with E-state index in [2.05, 4.69) is 30.6 Å². The minimum atomic E-state index is -0.587. The molecule has 0 atom stereocenters. The average Bonchev–Trinajstić information content (AvgIpc) is 3.40. The summed E-state index contributed by atoms with van der Waals surface area (Å²) < 4.78 is 0. The van der Waals surface area contributed by atoms with E-state index in [4.69, 9.17) is 23.1 Å². The maximum Gasteiger partial charge on any atom is 0.280 e. The molecule has 0 saturated carbocycles. The van der Waals surface area contributed by atoms with Crippen LogP contribution in [0.5, 0.6) is 0 Å². The first-order valence-electron chi connectivity index (χ1n) is 10.5. The number of benzene rings is 1. The number of nitrogens with two attached hydrogens (primary N) is 2. The van der Waals surface area contributed by atoms with Gasteiger partial charge in [-0.25, -0.2) is 9.97 Å². The third kappa shape index (κ3) is 3.84. The molecule has 1 saturated heterocycles. The number of fused-ring (bicyclic) bond motifs is 1. The molecule has 3 aliphatic heterocycles. The van der Waals surface area contributed by atoms with Gasteiger partial charge in [0.1, 0.15) is 5.71 Å². The van der Waals surface area contributed by atoms with E-state index in [9.17, 15) is 9.59 Å². The summed E-state index contributed by atoms with van der Waals surface area (Å²) in [5.74, 6) is -0.476. The van der Waals surface area contributed by atoms with Crippen LogP contribution in [-0.2, 0) is 11.3 Å². The normalized spacial score (nSPS) is 18.4. The first-order chi connectivity index (χ1) is 15.8. The molecule has 0 aliphatic carbocycles. The lowest BCUT2D eigenvalue weighted by Crippen LogP contribution is -2.57. The van der Waals surface area contributed by atoms with Crippen molar-refractivity contribution in [2.24, 2.45) is 9.98 Å². The fourth-order valence-electron chi connectivity index (χ4n) is 4.30. The molecule has 0 unspecified atom stereocenters. The molecule has 1 spiro atoms. The Labute approximate surface area is 194 Å². The average molecular weight is 468 g/mol. The van der Waals surface area contributed by atoms with Gasteiger partial charge in [-0.1, -0.05) is 35.9 Å². The number of aromatic nitrogens is 2. The number of halogens is 1. The van der Waals surface area contributed by atoms with Crippen LogP contribution < -0.4 is 22.1 Å². The van der Waals surface area contributed by atoms with Crippen molar-refractivity contribution in [3.05, 3.63) is 46.2 Å². The summed E-state index contributed by atoms with van der Waals surface area (Å²) in [5.41, 5.74) is 13.4. The topological polar surface area (TPSA) is 164 Å². The Hall–Kier alpha value is -3.73. The number of nitrogen functional groups attached to an aromatic ring is 2. The van der Waals surface area contributed by atoms with Crippen molar-refractivity contribution in [3.63, 3.8) is 0 Å². The third-order valence-corrected chi connectivity index (χ3v) is 6.44. The van der Waals surface area contributed by atoms with Crippen LogP contribution in [0.15, 0.2) is 34.3 Å². The molecule has 0 bridgehead atoms. The Morgan fingerprint density at radius 1 is 1.09 bits per heavy atom. The molecule has 170 valence electrons. The van der Waals surface area contributed by atoms with Gasteiger partial charge in [-0.2, -0.15) is 0 Å². The molecule has 1 aromatic carbocycles. The number of nitrogens with zero attached hydrogens (tertiary/aromatic N) is 5. The van der Waals surface area contributed by atoms with E-state index in [0.29, 0.717) is 50.7 Å². The molecule has 2 aromatic rings. The largest absolute Gasteiger partial charge is 0.382 e. The van der Waals surface area contributed by atoms with E-state index in [1.54, 1.807) is 0 Å². The van der Waals surface area contributed by atoms with Gasteiger partial charge in [0.2, 0.25) is 0 Å². The van der Waals surface area contributed by atoms with Crippen LogP contribution in [0.25, 0.3) is 0 Å². The zero-order chi connectivity index (χ0) is 23.2. The van der Waals surface area contributed by atoms with E-state index in [1.807, 2.05) is 29.2 Å². The van der Waals surface area contributed by atoms with Crippen molar-refractivity contribution in [1.82, 2.24) is 25.5 Å². The summed E-state index contributed by atoms with van der Waals surface area (Å²) in [7, 11) is 0. The molecule has 2 amide bonds. The summed E-state index contributed by atoms with van der Waals surface area (Å²) in [6.07, 6.45) is 1.37. The summed E-state index contributed by atoms with van der Waals surface area (Å²) in [5, 5.41) is 5.86. The van der Waals surface area contributed by atoms with Gasteiger partial charge >= 0.3 is 0 Å². The number of nitrogens with one attached hydrogen (secondary N) is 2. The molecule has 1 aromatic heterocycles. The van der Waals surface area contributed by atoms with Crippen molar-refractivity contribution in [2.45, 2.75) is 24.9 Å². The van der Waals surface area contributed by atoms with Crippen molar-refractivity contribution in [3.8, 4) is 0 Å². The third-order valence-electron chi connectivity index (χ3n) is 6.17. The maximum absolute atomic E-state index is 13.1. The SMILES string of the molecule is Nc1nc(N)c(C(=O)NC2=NCC3(CCN(C(=O)C4=NCc5ccccc54)CC3)N2)nc1Cl. The number of hydrogen-bond acceptors (Lipinski definition) is 9. The Morgan fingerprint density at radius 3 is 2.64 bits per heavy atom. The molecule has 3 aliphatic rings. The standard InChI is InChI=1S/C21H22ClN9O2/c22-15-17(24)28-16(23)14(27-15)18(32)29-20-26-10-21(30-20)5-7-31(8-6-21)19(33)13-12-4-2-1-3-11(12)9-25-13/h1-4H,5-10H2,(H4,23,24,28)(H2,26,29,30,32). The number of piperidine rings is 1. The van der Waals surface area contributed by atoms with Crippen molar-refractivity contribution >= 4 is 46.7 Å². The lowest BCUT2D eigenvalue weighted by atomic mass is 9.88. The number of guanidine groups is 1. The number of hydrogen-bond donors (Lipinski definition) is 4. The summed E-state index contributed by atoms with van der Waals surface area (Å²) in [6.45, 7) is 2.16. The van der Waals surface area contributed by atoms with Crippen molar-refractivity contribution < 1.29 is 9.59 Å². The molecule has 6 N–H and O–H groups in total. The van der Waals surface area contributed by atoms with Gasteiger partial charge in [-0.05, 0) is 18.4 Å². The molecule has 11 nitrogen and oxygen atoms in total. The van der Waals surface area contributed by atoms with Crippen LogP contribution in [0, 0.1) is 0 Å². The molecule has 1 fully saturated rings. The van der Waals surface area contributed by atoms with E-state index in [1.165, 1.54) is 0 Å².